The van der Waals surface area contributed by atoms with Crippen molar-refractivity contribution in [3.8, 4) is 5.75 Å². The van der Waals surface area contributed by atoms with E-state index in [4.69, 9.17) is 4.74 Å². The van der Waals surface area contributed by atoms with Gasteiger partial charge in [0.2, 0.25) is 5.91 Å². The average Bonchev–Trinajstić information content (AvgIpc) is 3.34. The summed E-state index contributed by atoms with van der Waals surface area (Å²) in [6, 6.07) is 12.2. The Morgan fingerprint density at radius 3 is 2.39 bits per heavy atom. The van der Waals surface area contributed by atoms with Crippen LogP contribution in [-0.4, -0.2) is 74.0 Å². The monoisotopic (exact) mass is 521 g/mol. The first-order chi connectivity index (χ1) is 18.3. The van der Waals surface area contributed by atoms with Crippen molar-refractivity contribution in [2.45, 2.75) is 52.2 Å². The van der Waals surface area contributed by atoms with Crippen molar-refractivity contribution in [2.24, 2.45) is 0 Å². The molecule has 2 N–H and O–H groups in total. The van der Waals surface area contributed by atoms with Gasteiger partial charge < -0.3 is 20.3 Å². The summed E-state index contributed by atoms with van der Waals surface area (Å²) in [6.45, 7) is 6.45. The third kappa shape index (κ3) is 6.52. The van der Waals surface area contributed by atoms with Crippen LogP contribution >= 0.6 is 0 Å². The molecule has 38 heavy (non-hydrogen) atoms. The highest BCUT2D eigenvalue weighted by molar-refractivity contribution is 6.00. The van der Waals surface area contributed by atoms with Gasteiger partial charge in [0.05, 0.1) is 25.9 Å². The van der Waals surface area contributed by atoms with Gasteiger partial charge in [-0.05, 0) is 41.7 Å². The maximum Gasteiger partial charge on any atom is 0.256 e. The number of carbonyl (C=O) groups is 3. The molecule has 0 unspecified atom stereocenters. The SMILES string of the molecule is COc1cc2c(cc1N(CC(=O)NCCNC(C)C)CC(=O)N(C)N1Cc3ccccc3C1)C(=O)CCC2. The first kappa shape index (κ1) is 27.6. The fourth-order valence-electron chi connectivity index (χ4n) is 5.03. The minimum atomic E-state index is -0.203. The molecule has 9 nitrogen and oxygen atoms in total. The zero-order valence-electron chi connectivity index (χ0n) is 22.9. The quantitative estimate of drug-likeness (QED) is 0.439. The maximum absolute atomic E-state index is 13.5. The fraction of sp³-hybridized carbons (Fsp3) is 0.483. The van der Waals surface area contributed by atoms with Crippen LogP contribution in [-0.2, 0) is 29.1 Å². The van der Waals surface area contributed by atoms with E-state index in [1.807, 2.05) is 37.1 Å². The number of hydrogen-bond acceptors (Lipinski definition) is 7. The number of Topliss-reactive ketones (excluding diaryl/α,β-unsaturated/α-hetero) is 1. The summed E-state index contributed by atoms with van der Waals surface area (Å²) in [5.41, 5.74) is 4.57. The zero-order valence-corrected chi connectivity index (χ0v) is 22.9. The molecule has 2 aromatic carbocycles. The Morgan fingerprint density at radius 1 is 1.03 bits per heavy atom. The van der Waals surface area contributed by atoms with Crippen LogP contribution in [0.1, 0.15) is 53.7 Å². The summed E-state index contributed by atoms with van der Waals surface area (Å²) in [6.07, 6.45) is 2.11. The Balaban J connectivity index is 1.54. The van der Waals surface area contributed by atoms with Crippen molar-refractivity contribution >= 4 is 23.3 Å². The topological polar surface area (TPSA) is 94.2 Å². The van der Waals surface area contributed by atoms with Gasteiger partial charge in [-0.15, -0.1) is 0 Å². The molecule has 0 atom stereocenters. The first-order valence-corrected chi connectivity index (χ1v) is 13.3. The Bertz CT molecular complexity index is 1160. The molecule has 4 rings (SSSR count). The summed E-state index contributed by atoms with van der Waals surface area (Å²) in [4.78, 5) is 40.9. The molecule has 1 aliphatic heterocycles. The highest BCUT2D eigenvalue weighted by Gasteiger charge is 2.29. The van der Waals surface area contributed by atoms with Gasteiger partial charge in [0, 0.05) is 51.3 Å². The van der Waals surface area contributed by atoms with Crippen molar-refractivity contribution in [1.82, 2.24) is 20.7 Å². The number of ketones is 1. The summed E-state index contributed by atoms with van der Waals surface area (Å²) < 4.78 is 5.69. The number of rotatable bonds is 11. The number of likely N-dealkylation sites (N-methyl/N-ethyl adjacent to an activating group) is 1. The molecule has 0 aromatic heterocycles. The van der Waals surface area contributed by atoms with Crippen LogP contribution < -0.4 is 20.3 Å². The predicted octanol–water partition coefficient (Wildman–Crippen LogP) is 2.52. The molecule has 2 aromatic rings. The van der Waals surface area contributed by atoms with E-state index < -0.39 is 0 Å². The van der Waals surface area contributed by atoms with E-state index in [1.165, 1.54) is 11.1 Å². The van der Waals surface area contributed by atoms with Gasteiger partial charge in [0.15, 0.2) is 5.78 Å². The van der Waals surface area contributed by atoms with E-state index in [0.717, 1.165) is 18.4 Å². The minimum Gasteiger partial charge on any atom is -0.495 e. The highest BCUT2D eigenvalue weighted by atomic mass is 16.5. The Labute approximate surface area is 225 Å². The second-order valence-electron chi connectivity index (χ2n) is 10.3. The van der Waals surface area contributed by atoms with Gasteiger partial charge in [-0.2, -0.15) is 0 Å². The van der Waals surface area contributed by atoms with Gasteiger partial charge in [-0.1, -0.05) is 38.1 Å². The lowest BCUT2D eigenvalue weighted by Gasteiger charge is -2.32. The molecule has 9 heteroatoms. The smallest absolute Gasteiger partial charge is 0.256 e. The molecule has 1 aliphatic carbocycles. The fourth-order valence-corrected chi connectivity index (χ4v) is 5.03. The first-order valence-electron chi connectivity index (χ1n) is 13.3. The zero-order chi connectivity index (χ0) is 27.2. The number of carbonyl (C=O) groups excluding carboxylic acids is 3. The third-order valence-electron chi connectivity index (χ3n) is 7.17. The molecule has 204 valence electrons. The van der Waals surface area contributed by atoms with Crippen molar-refractivity contribution in [2.75, 3.05) is 45.2 Å². The number of hydrazine groups is 1. The second kappa shape index (κ2) is 12.4. The van der Waals surface area contributed by atoms with Crippen molar-refractivity contribution in [1.29, 1.82) is 0 Å². The lowest BCUT2D eigenvalue weighted by molar-refractivity contribution is -0.145. The van der Waals surface area contributed by atoms with E-state index in [1.54, 1.807) is 30.1 Å². The minimum absolute atomic E-state index is 0.0369. The molecule has 0 saturated carbocycles. The lowest BCUT2D eigenvalue weighted by Crippen LogP contribution is -2.48. The van der Waals surface area contributed by atoms with Crippen LogP contribution in [0.25, 0.3) is 0 Å². The molecule has 0 radical (unpaired) electrons. The number of amides is 2. The Hall–Kier alpha value is -3.43. The predicted molar refractivity (Wildman–Crippen MR) is 147 cm³/mol. The number of benzene rings is 2. The highest BCUT2D eigenvalue weighted by Crippen LogP contribution is 2.35. The van der Waals surface area contributed by atoms with E-state index in [0.29, 0.717) is 55.6 Å². The molecule has 0 saturated heterocycles. The molecule has 0 bridgehead atoms. The largest absolute Gasteiger partial charge is 0.495 e. The van der Waals surface area contributed by atoms with Crippen molar-refractivity contribution < 1.29 is 19.1 Å². The molecular formula is C29H39N5O4. The van der Waals surface area contributed by atoms with Crippen LogP contribution in [0, 0.1) is 0 Å². The van der Waals surface area contributed by atoms with E-state index in [9.17, 15) is 14.4 Å². The van der Waals surface area contributed by atoms with E-state index in [2.05, 4.69) is 22.8 Å². The van der Waals surface area contributed by atoms with Crippen molar-refractivity contribution in [3.63, 3.8) is 0 Å². The second-order valence-corrected chi connectivity index (χ2v) is 10.3. The molecule has 2 amide bonds. The number of methoxy groups -OCH3 is 1. The van der Waals surface area contributed by atoms with Gasteiger partial charge >= 0.3 is 0 Å². The van der Waals surface area contributed by atoms with Crippen molar-refractivity contribution in [3.05, 3.63) is 58.7 Å². The van der Waals surface area contributed by atoms with Crippen LogP contribution in [0.4, 0.5) is 5.69 Å². The number of ether oxygens (including phenoxy) is 1. The van der Waals surface area contributed by atoms with Gasteiger partial charge in [-0.25, -0.2) is 5.01 Å². The van der Waals surface area contributed by atoms with E-state index >= 15 is 0 Å². The van der Waals surface area contributed by atoms with Gasteiger partial charge in [0.25, 0.3) is 5.91 Å². The normalized spacial score (nSPS) is 14.7. The number of hydrogen-bond donors (Lipinski definition) is 2. The van der Waals surface area contributed by atoms with Crippen LogP contribution in [0.5, 0.6) is 5.75 Å². The van der Waals surface area contributed by atoms with Crippen LogP contribution in [0.3, 0.4) is 0 Å². The van der Waals surface area contributed by atoms with Gasteiger partial charge in [-0.3, -0.25) is 19.4 Å². The van der Waals surface area contributed by atoms with E-state index in [-0.39, 0.29) is 30.7 Å². The average molecular weight is 522 g/mol. The summed E-state index contributed by atoms with van der Waals surface area (Å²) in [5.74, 6) is 0.276. The van der Waals surface area contributed by atoms with Crippen LogP contribution in [0.15, 0.2) is 36.4 Å². The van der Waals surface area contributed by atoms with Gasteiger partial charge in [0.1, 0.15) is 5.75 Å². The standard InChI is InChI=1S/C29H39N5O4/c1-20(2)30-12-13-31-28(36)18-33(25-15-24-21(14-27(25)38-4)10-7-11-26(24)35)19-29(37)32(3)34-16-22-8-5-6-9-23(22)17-34/h5-6,8-9,14-15,20,30H,7,10-13,16-19H2,1-4H3,(H,31,36). The molecule has 0 spiro atoms. The number of fused-ring (bicyclic) bond motifs is 2. The molecule has 2 aliphatic rings. The third-order valence-corrected chi connectivity index (χ3v) is 7.17. The summed E-state index contributed by atoms with van der Waals surface area (Å²) in [7, 11) is 3.33. The van der Waals surface area contributed by atoms with Crippen LogP contribution in [0.2, 0.25) is 0 Å². The molecule has 1 heterocycles. The number of nitrogens with one attached hydrogen (secondary N) is 2. The summed E-state index contributed by atoms with van der Waals surface area (Å²) in [5, 5.41) is 9.84. The lowest BCUT2D eigenvalue weighted by atomic mass is 9.90. The number of nitrogens with zero attached hydrogens (tertiary/aromatic N) is 3. The number of aryl methyl sites for hydroxylation is 1. The Morgan fingerprint density at radius 2 is 1.74 bits per heavy atom. The Kier molecular flexibility index (Phi) is 9.01. The molecule has 0 fully saturated rings. The number of anilines is 1. The summed E-state index contributed by atoms with van der Waals surface area (Å²) >= 11 is 0. The molecular weight excluding hydrogens is 482 g/mol. The maximum atomic E-state index is 13.5.